The molecule has 0 bridgehead atoms. The Morgan fingerprint density at radius 3 is 2.00 bits per heavy atom. The summed E-state index contributed by atoms with van der Waals surface area (Å²) in [6.07, 6.45) is 4.45. The fraction of sp³-hybridized carbons (Fsp3) is 0.333. The number of nitrogens with zero attached hydrogens (tertiary/aromatic N) is 7. The summed E-state index contributed by atoms with van der Waals surface area (Å²) in [6, 6.07) is 0. The number of anilines is 2. The predicted octanol–water partition coefficient (Wildman–Crippen LogP) is -1.52. The van der Waals surface area contributed by atoms with Gasteiger partial charge in [0.1, 0.15) is 11.4 Å². The summed E-state index contributed by atoms with van der Waals surface area (Å²) in [6.45, 7) is 0.469. The highest BCUT2D eigenvalue weighted by Gasteiger charge is 2.20. The molecule has 0 atom stereocenters. The standard InChI is InChI=1S/C12H17N11O/c13-3-1-9-17-19-11-7(5-15-22(9)11)21(14)8-6-16-23-10(2-4-24)18-20-12(8)23/h5-6,15-16,24H,1-4,13-14H2. The number of H-pyrrole nitrogens is 2. The molecule has 4 aromatic rings. The molecule has 0 fully saturated rings. The minimum Gasteiger partial charge on any atom is -0.396 e. The van der Waals surface area contributed by atoms with Gasteiger partial charge in [0.05, 0.1) is 6.61 Å². The fourth-order valence-corrected chi connectivity index (χ4v) is 2.65. The predicted molar refractivity (Wildman–Crippen MR) is 84.6 cm³/mol. The van der Waals surface area contributed by atoms with Crippen LogP contribution in [-0.4, -0.2) is 57.9 Å². The molecule has 7 N–H and O–H groups in total. The van der Waals surface area contributed by atoms with Crippen LogP contribution in [-0.2, 0) is 12.8 Å². The first kappa shape index (κ1) is 14.6. The van der Waals surface area contributed by atoms with E-state index in [0.29, 0.717) is 47.9 Å². The van der Waals surface area contributed by atoms with Crippen molar-refractivity contribution in [2.75, 3.05) is 18.2 Å². The minimum atomic E-state index is -0.0103. The number of rotatable bonds is 6. The van der Waals surface area contributed by atoms with E-state index in [4.69, 9.17) is 16.7 Å². The van der Waals surface area contributed by atoms with Gasteiger partial charge in [0.2, 0.25) is 11.3 Å². The van der Waals surface area contributed by atoms with Crippen LogP contribution in [0.15, 0.2) is 12.4 Å². The number of fused-ring (bicyclic) bond motifs is 2. The molecule has 4 rings (SSSR count). The maximum absolute atomic E-state index is 9.07. The van der Waals surface area contributed by atoms with E-state index in [1.165, 1.54) is 5.01 Å². The molecule has 12 nitrogen and oxygen atoms in total. The van der Waals surface area contributed by atoms with Crippen LogP contribution >= 0.6 is 0 Å². The number of aliphatic hydroxyl groups is 1. The van der Waals surface area contributed by atoms with Crippen molar-refractivity contribution < 1.29 is 5.11 Å². The summed E-state index contributed by atoms with van der Waals surface area (Å²) >= 11 is 0. The van der Waals surface area contributed by atoms with Crippen LogP contribution in [0.25, 0.3) is 11.3 Å². The summed E-state index contributed by atoms with van der Waals surface area (Å²) < 4.78 is 3.42. The SMILES string of the molecule is NCCc1nnc2c(N(N)c3c[nH]n4c(CCO)nnc34)c[nH]n12. The first-order chi connectivity index (χ1) is 11.7. The second-order valence-corrected chi connectivity index (χ2v) is 5.25. The molecule has 12 heteroatoms. The number of nitrogens with one attached hydrogen (secondary N) is 2. The van der Waals surface area contributed by atoms with Gasteiger partial charge in [-0.3, -0.25) is 15.2 Å². The highest BCUT2D eigenvalue weighted by atomic mass is 16.3. The summed E-state index contributed by atoms with van der Waals surface area (Å²) in [5.74, 6) is 7.62. The third-order valence-corrected chi connectivity index (χ3v) is 3.80. The van der Waals surface area contributed by atoms with Gasteiger partial charge in [-0.25, -0.2) is 14.9 Å². The van der Waals surface area contributed by atoms with Gasteiger partial charge in [0, 0.05) is 25.2 Å². The Kier molecular flexibility index (Phi) is 3.41. The van der Waals surface area contributed by atoms with Crippen molar-refractivity contribution in [3.05, 3.63) is 24.0 Å². The van der Waals surface area contributed by atoms with Crippen LogP contribution in [0.2, 0.25) is 0 Å². The third kappa shape index (κ3) is 2.05. The molecule has 0 aliphatic heterocycles. The van der Waals surface area contributed by atoms with Crippen LogP contribution in [0.4, 0.5) is 11.4 Å². The monoisotopic (exact) mass is 331 g/mol. The van der Waals surface area contributed by atoms with Gasteiger partial charge in [-0.15, -0.1) is 20.4 Å². The lowest BCUT2D eigenvalue weighted by Gasteiger charge is -2.13. The molecule has 0 amide bonds. The van der Waals surface area contributed by atoms with Gasteiger partial charge in [-0.1, -0.05) is 0 Å². The van der Waals surface area contributed by atoms with Crippen molar-refractivity contribution in [1.82, 2.24) is 39.6 Å². The maximum Gasteiger partial charge on any atom is 0.202 e. The van der Waals surface area contributed by atoms with E-state index in [0.717, 1.165) is 5.82 Å². The van der Waals surface area contributed by atoms with Gasteiger partial charge >= 0.3 is 0 Å². The van der Waals surface area contributed by atoms with E-state index in [1.54, 1.807) is 21.4 Å². The van der Waals surface area contributed by atoms with Crippen LogP contribution in [0, 0.1) is 0 Å². The number of hydrazine groups is 1. The first-order valence-electron chi connectivity index (χ1n) is 7.43. The third-order valence-electron chi connectivity index (χ3n) is 3.80. The Hall–Kier alpha value is -2.96. The highest BCUT2D eigenvalue weighted by molar-refractivity contribution is 5.80. The van der Waals surface area contributed by atoms with Crippen molar-refractivity contribution in [2.45, 2.75) is 12.8 Å². The van der Waals surface area contributed by atoms with E-state index >= 15 is 0 Å². The Balaban J connectivity index is 1.75. The van der Waals surface area contributed by atoms with Crippen LogP contribution in [0.5, 0.6) is 0 Å². The van der Waals surface area contributed by atoms with Gasteiger partial charge in [0.25, 0.3) is 0 Å². The van der Waals surface area contributed by atoms with Gasteiger partial charge < -0.3 is 10.8 Å². The van der Waals surface area contributed by atoms with Crippen molar-refractivity contribution in [1.29, 1.82) is 0 Å². The smallest absolute Gasteiger partial charge is 0.202 e. The largest absolute Gasteiger partial charge is 0.396 e. The summed E-state index contributed by atoms with van der Waals surface area (Å²) in [7, 11) is 0. The van der Waals surface area contributed by atoms with Crippen molar-refractivity contribution in [2.24, 2.45) is 11.6 Å². The number of hydrogen-bond acceptors (Lipinski definition) is 8. The van der Waals surface area contributed by atoms with Crippen LogP contribution < -0.4 is 16.6 Å². The lowest BCUT2D eigenvalue weighted by molar-refractivity contribution is 0.295. The zero-order chi connectivity index (χ0) is 16.7. The lowest BCUT2D eigenvalue weighted by atomic mass is 10.4. The lowest BCUT2D eigenvalue weighted by Crippen LogP contribution is -2.24. The summed E-state index contributed by atoms with van der Waals surface area (Å²) in [5.41, 5.74) is 7.98. The summed E-state index contributed by atoms with van der Waals surface area (Å²) in [5, 5.41) is 33.1. The molecule has 0 aliphatic carbocycles. The zero-order valence-corrected chi connectivity index (χ0v) is 12.7. The van der Waals surface area contributed by atoms with Crippen molar-refractivity contribution in [3.63, 3.8) is 0 Å². The molecule has 4 heterocycles. The average Bonchev–Trinajstić information content (AvgIpc) is 3.30. The molecule has 126 valence electrons. The Bertz CT molecular complexity index is 897. The normalized spacial score (nSPS) is 11.8. The van der Waals surface area contributed by atoms with Crippen LogP contribution in [0.3, 0.4) is 0 Å². The molecule has 0 spiro atoms. The van der Waals surface area contributed by atoms with Crippen molar-refractivity contribution in [3.8, 4) is 0 Å². The first-order valence-corrected chi connectivity index (χ1v) is 7.43. The molecule has 0 saturated heterocycles. The number of aromatic amines is 2. The topological polar surface area (TPSA) is 167 Å². The van der Waals surface area contributed by atoms with E-state index < -0.39 is 0 Å². The van der Waals surface area contributed by atoms with Gasteiger partial charge in [-0.2, -0.15) is 0 Å². The summed E-state index contributed by atoms with van der Waals surface area (Å²) in [4.78, 5) is 0. The minimum absolute atomic E-state index is 0.0103. The van der Waals surface area contributed by atoms with Crippen molar-refractivity contribution >= 4 is 22.7 Å². The Labute approximate surface area is 135 Å². The number of aromatic nitrogens is 8. The van der Waals surface area contributed by atoms with Crippen LogP contribution in [0.1, 0.15) is 11.6 Å². The molecule has 0 aromatic carbocycles. The number of hydrogen-bond donors (Lipinski definition) is 5. The molecule has 0 unspecified atom stereocenters. The number of aliphatic hydroxyl groups excluding tert-OH is 1. The maximum atomic E-state index is 9.07. The van der Waals surface area contributed by atoms with Gasteiger partial charge in [0.15, 0.2) is 11.6 Å². The molecule has 0 saturated carbocycles. The molecule has 0 radical (unpaired) electrons. The second kappa shape index (κ2) is 5.59. The molecule has 0 aliphatic rings. The average molecular weight is 331 g/mol. The molecule has 24 heavy (non-hydrogen) atoms. The molecule has 4 aromatic heterocycles. The highest BCUT2D eigenvalue weighted by Crippen LogP contribution is 2.28. The quantitative estimate of drug-likeness (QED) is 0.209. The van der Waals surface area contributed by atoms with E-state index in [9.17, 15) is 0 Å². The Morgan fingerprint density at radius 2 is 1.50 bits per heavy atom. The van der Waals surface area contributed by atoms with E-state index in [1.807, 2.05) is 0 Å². The van der Waals surface area contributed by atoms with E-state index in [2.05, 4.69) is 30.6 Å². The van der Waals surface area contributed by atoms with E-state index in [-0.39, 0.29) is 6.61 Å². The Morgan fingerprint density at radius 1 is 0.958 bits per heavy atom. The molecular formula is C12H17N11O. The fourth-order valence-electron chi connectivity index (χ4n) is 2.65. The zero-order valence-electron chi connectivity index (χ0n) is 12.7. The molecular weight excluding hydrogens is 314 g/mol. The number of nitrogens with two attached hydrogens (primary N) is 2. The second-order valence-electron chi connectivity index (χ2n) is 5.25. The van der Waals surface area contributed by atoms with Gasteiger partial charge in [-0.05, 0) is 6.54 Å².